The molecule has 1 amide bonds. The molecule has 0 radical (unpaired) electrons. The van der Waals surface area contributed by atoms with Gasteiger partial charge in [-0.2, -0.15) is 0 Å². The fraction of sp³-hybridized carbons (Fsp3) is 0.750. The molecule has 0 aliphatic carbocycles. The van der Waals surface area contributed by atoms with Crippen molar-refractivity contribution in [1.29, 1.82) is 5.53 Å². The molecule has 0 saturated carbocycles. The summed E-state index contributed by atoms with van der Waals surface area (Å²) in [6.07, 6.45) is 0.372. The van der Waals surface area contributed by atoms with Gasteiger partial charge in [0.25, 0.3) is 0 Å². The Kier molecular flexibility index (Phi) is 8.28. The minimum absolute atomic E-state index is 0.135. The standard InChI is InChI=1S/C8H13BrN4O3/c9-5-7(14)6(12-13-10)3-1-2-4-11-8(15)16/h6,10-11H,1-5H2. The van der Waals surface area contributed by atoms with Crippen LogP contribution in [-0.2, 0) is 4.79 Å². The van der Waals surface area contributed by atoms with Gasteiger partial charge in [-0.05, 0) is 19.3 Å². The van der Waals surface area contributed by atoms with Gasteiger partial charge in [-0.25, -0.2) is 0 Å². The van der Waals surface area contributed by atoms with Gasteiger partial charge in [0.1, 0.15) is 16.7 Å². The lowest BCUT2D eigenvalue weighted by atomic mass is 10.1. The molecule has 90 valence electrons. The number of nitrogens with one attached hydrogen (secondary N) is 2. The Morgan fingerprint density at radius 1 is 1.50 bits per heavy atom. The summed E-state index contributed by atoms with van der Waals surface area (Å²) in [6.45, 7) is 0.287. The van der Waals surface area contributed by atoms with Crippen LogP contribution in [0.15, 0.2) is 5.11 Å². The van der Waals surface area contributed by atoms with Crippen LogP contribution in [0.5, 0.6) is 0 Å². The lowest BCUT2D eigenvalue weighted by molar-refractivity contribution is -0.250. The molecule has 0 aromatic rings. The number of carbonyl (C=O) groups excluding carboxylic acids is 2. The fourth-order valence-corrected chi connectivity index (χ4v) is 1.47. The van der Waals surface area contributed by atoms with Gasteiger partial charge in [-0.1, -0.05) is 15.9 Å². The van der Waals surface area contributed by atoms with E-state index in [1.807, 2.05) is 0 Å². The highest BCUT2D eigenvalue weighted by molar-refractivity contribution is 9.09. The molecule has 0 aliphatic rings. The number of halogens is 1. The molecule has 8 heteroatoms. The smallest absolute Gasteiger partial charge is 0.214 e. The van der Waals surface area contributed by atoms with Crippen LogP contribution in [-0.4, -0.2) is 29.8 Å². The first-order valence-corrected chi connectivity index (χ1v) is 5.84. The third-order valence-electron chi connectivity index (χ3n) is 1.87. The number of rotatable bonds is 8. The SMILES string of the molecule is N=[N+]=NC(CCCCNC(=O)[O-])C(=O)CBr. The minimum Gasteiger partial charge on any atom is -0.530 e. The molecular weight excluding hydrogens is 280 g/mol. The number of Topliss-reactive ketones (excluding diaryl/α,β-unsaturated/α-hetero) is 1. The highest BCUT2D eigenvalue weighted by Gasteiger charge is 2.20. The van der Waals surface area contributed by atoms with Gasteiger partial charge in [0.05, 0.1) is 5.33 Å². The Bertz CT molecular complexity index is 291. The molecule has 7 nitrogen and oxygen atoms in total. The number of carbonyl (C=O) groups is 2. The molecule has 0 bridgehead atoms. The van der Waals surface area contributed by atoms with Crippen molar-refractivity contribution in [1.82, 2.24) is 10.2 Å². The number of carboxylic acid groups (broad SMARTS) is 1. The molecule has 0 heterocycles. The molecule has 16 heavy (non-hydrogen) atoms. The van der Waals surface area contributed by atoms with Gasteiger partial charge in [-0.15, -0.1) is 0 Å². The highest BCUT2D eigenvalue weighted by atomic mass is 79.9. The lowest BCUT2D eigenvalue weighted by Crippen LogP contribution is -2.37. The van der Waals surface area contributed by atoms with Crippen molar-refractivity contribution >= 4 is 27.8 Å². The maximum Gasteiger partial charge on any atom is 0.214 e. The van der Waals surface area contributed by atoms with Crippen molar-refractivity contribution in [3.8, 4) is 0 Å². The molecule has 0 aromatic carbocycles. The van der Waals surface area contributed by atoms with Crippen LogP contribution in [0, 0.1) is 5.53 Å². The highest BCUT2D eigenvalue weighted by Crippen LogP contribution is 2.06. The van der Waals surface area contributed by atoms with Crippen molar-refractivity contribution < 1.29 is 14.7 Å². The average molecular weight is 293 g/mol. The molecule has 0 fully saturated rings. The number of amides is 1. The Morgan fingerprint density at radius 3 is 2.69 bits per heavy atom. The summed E-state index contributed by atoms with van der Waals surface area (Å²) < 4.78 is 0. The molecule has 0 aliphatic heterocycles. The molecular formula is C8H13BrN4O3. The zero-order valence-corrected chi connectivity index (χ0v) is 10.2. The summed E-state index contributed by atoms with van der Waals surface area (Å²) in [7, 11) is 0. The zero-order chi connectivity index (χ0) is 12.4. The number of nitrogens with zero attached hydrogens (tertiary/aromatic N) is 2. The van der Waals surface area contributed by atoms with E-state index in [0.29, 0.717) is 19.3 Å². The largest absolute Gasteiger partial charge is 0.530 e. The van der Waals surface area contributed by atoms with Crippen molar-refractivity contribution in [2.45, 2.75) is 25.3 Å². The lowest BCUT2D eigenvalue weighted by Gasteiger charge is -2.06. The van der Waals surface area contributed by atoms with E-state index < -0.39 is 12.1 Å². The minimum atomic E-state index is -1.31. The van der Waals surface area contributed by atoms with E-state index in [2.05, 4.69) is 31.3 Å². The van der Waals surface area contributed by atoms with Crippen LogP contribution in [0.3, 0.4) is 0 Å². The Morgan fingerprint density at radius 2 is 2.19 bits per heavy atom. The van der Waals surface area contributed by atoms with E-state index >= 15 is 0 Å². The van der Waals surface area contributed by atoms with Gasteiger partial charge in [-0.3, -0.25) is 4.79 Å². The molecule has 1 atom stereocenters. The molecule has 0 spiro atoms. The molecule has 0 aromatic heterocycles. The molecule has 1 unspecified atom stereocenters. The third-order valence-corrected chi connectivity index (χ3v) is 2.43. The predicted octanol–water partition coefficient (Wildman–Crippen LogP) is -0.0274. The maximum atomic E-state index is 11.3. The summed E-state index contributed by atoms with van der Waals surface area (Å²) in [5.74, 6) is -0.135. The second-order valence-corrected chi connectivity index (χ2v) is 3.60. The van der Waals surface area contributed by atoms with Crippen LogP contribution in [0.1, 0.15) is 19.3 Å². The Balaban J connectivity index is 3.81. The van der Waals surface area contributed by atoms with Crippen LogP contribution >= 0.6 is 15.9 Å². The molecule has 0 rings (SSSR count). The van der Waals surface area contributed by atoms with Gasteiger partial charge < -0.3 is 15.2 Å². The number of ketones is 1. The number of alkyl halides is 1. The van der Waals surface area contributed by atoms with Gasteiger partial charge in [0.15, 0.2) is 11.8 Å². The predicted molar refractivity (Wildman–Crippen MR) is 57.1 cm³/mol. The number of unbranched alkanes of at least 4 members (excludes halogenated alkanes) is 1. The van der Waals surface area contributed by atoms with Crippen LogP contribution in [0.2, 0.25) is 0 Å². The van der Waals surface area contributed by atoms with Crippen molar-refractivity contribution in [3.05, 3.63) is 0 Å². The zero-order valence-electron chi connectivity index (χ0n) is 8.61. The molecule has 2 N–H and O–H groups in total. The van der Waals surface area contributed by atoms with E-state index in [1.54, 1.807) is 0 Å². The van der Waals surface area contributed by atoms with E-state index in [0.717, 1.165) is 0 Å². The summed E-state index contributed by atoms with van der Waals surface area (Å²) >= 11 is 3.02. The maximum absolute atomic E-state index is 11.3. The van der Waals surface area contributed by atoms with Crippen LogP contribution < -0.4 is 15.3 Å². The summed E-state index contributed by atoms with van der Waals surface area (Å²) in [5.41, 5.74) is 6.57. The second-order valence-electron chi connectivity index (χ2n) is 3.04. The van der Waals surface area contributed by atoms with Crippen LogP contribution in [0.25, 0.3) is 0 Å². The summed E-state index contributed by atoms with van der Waals surface area (Å²) in [5, 5.41) is 15.8. The number of hydrogen-bond acceptors (Lipinski definition) is 5. The third kappa shape index (κ3) is 7.08. The van der Waals surface area contributed by atoms with Crippen molar-refractivity contribution in [3.63, 3.8) is 0 Å². The van der Waals surface area contributed by atoms with E-state index in [-0.39, 0.29) is 17.7 Å². The van der Waals surface area contributed by atoms with E-state index in [4.69, 9.17) is 5.53 Å². The van der Waals surface area contributed by atoms with Gasteiger partial charge >= 0.3 is 0 Å². The first-order chi connectivity index (χ1) is 7.61. The summed E-state index contributed by atoms with van der Waals surface area (Å²) in [4.78, 5) is 24.1. The monoisotopic (exact) mass is 292 g/mol. The Labute approximate surface area is 101 Å². The first-order valence-electron chi connectivity index (χ1n) is 4.72. The Hall–Kier alpha value is -1.27. The normalized spacial score (nSPS) is 11.3. The van der Waals surface area contributed by atoms with Gasteiger partial charge in [0, 0.05) is 6.54 Å². The van der Waals surface area contributed by atoms with Crippen LogP contribution in [0.4, 0.5) is 4.79 Å². The van der Waals surface area contributed by atoms with E-state index in [1.165, 1.54) is 0 Å². The van der Waals surface area contributed by atoms with E-state index in [9.17, 15) is 14.7 Å². The average Bonchev–Trinajstić information content (AvgIpc) is 2.25. The topological polar surface area (TPSA) is 120 Å². The first kappa shape index (κ1) is 14.7. The fourth-order valence-electron chi connectivity index (χ4n) is 1.10. The van der Waals surface area contributed by atoms with Gasteiger partial charge in [0.2, 0.25) is 4.91 Å². The van der Waals surface area contributed by atoms with Crippen molar-refractivity contribution in [2.24, 2.45) is 5.11 Å². The second kappa shape index (κ2) is 8.99. The quantitative estimate of drug-likeness (QED) is 0.283. The number of hydrogen-bond donors (Lipinski definition) is 2. The van der Waals surface area contributed by atoms with Crippen molar-refractivity contribution in [2.75, 3.05) is 11.9 Å². The molecule has 0 saturated heterocycles. The summed E-state index contributed by atoms with van der Waals surface area (Å²) in [6, 6.07) is -0.611.